The van der Waals surface area contributed by atoms with E-state index in [2.05, 4.69) is 75.4 Å². The molecule has 2 fully saturated rings. The van der Waals surface area contributed by atoms with Gasteiger partial charge in [0.1, 0.15) is 0 Å². The Morgan fingerprint density at radius 2 is 1.06 bits per heavy atom. The summed E-state index contributed by atoms with van der Waals surface area (Å²) in [7, 11) is 0. The van der Waals surface area contributed by atoms with Crippen LogP contribution >= 0.6 is 0 Å². The third kappa shape index (κ3) is 7.96. The van der Waals surface area contributed by atoms with Gasteiger partial charge >= 0.3 is 11.9 Å². The molecule has 33 heavy (non-hydrogen) atoms. The zero-order valence-corrected chi connectivity index (χ0v) is 19.2. The number of likely N-dealkylation sites (tertiary alicyclic amines) is 1. The van der Waals surface area contributed by atoms with Crippen LogP contribution < -0.4 is 0 Å². The normalized spacial score (nSPS) is 17.8. The Labute approximate surface area is 196 Å². The van der Waals surface area contributed by atoms with E-state index < -0.39 is 11.9 Å². The number of nitrogens with zero attached hydrogens (tertiary/aromatic N) is 3. The van der Waals surface area contributed by atoms with Crippen molar-refractivity contribution >= 4 is 11.9 Å². The number of rotatable bonds is 6. The average Bonchev–Trinajstić information content (AvgIpc) is 2.86. The van der Waals surface area contributed by atoms with Crippen LogP contribution in [0.4, 0.5) is 0 Å². The monoisotopic (exact) mass is 453 g/mol. The minimum Gasteiger partial charge on any atom is -0.473 e. The molecule has 0 aromatic heterocycles. The van der Waals surface area contributed by atoms with Crippen molar-refractivity contribution in [3.8, 4) is 0 Å². The van der Waals surface area contributed by atoms with Gasteiger partial charge < -0.3 is 15.1 Å². The van der Waals surface area contributed by atoms with Crippen molar-refractivity contribution in [3.05, 3.63) is 71.8 Å². The molecule has 2 N–H and O–H groups in total. The Kier molecular flexibility index (Phi) is 9.87. The molecule has 7 nitrogen and oxygen atoms in total. The van der Waals surface area contributed by atoms with Crippen molar-refractivity contribution in [2.45, 2.75) is 25.3 Å². The van der Waals surface area contributed by atoms with Crippen molar-refractivity contribution in [1.29, 1.82) is 0 Å². The number of piperazine rings is 1. The van der Waals surface area contributed by atoms with Crippen LogP contribution in [0.3, 0.4) is 0 Å². The highest BCUT2D eigenvalue weighted by Crippen LogP contribution is 2.29. The molecule has 2 heterocycles. The molecule has 0 saturated carbocycles. The van der Waals surface area contributed by atoms with E-state index in [1.807, 2.05) is 0 Å². The minimum absolute atomic E-state index is 0.372. The number of hydrogen-bond donors (Lipinski definition) is 2. The van der Waals surface area contributed by atoms with E-state index in [9.17, 15) is 0 Å². The summed E-state index contributed by atoms with van der Waals surface area (Å²) >= 11 is 0. The Balaban J connectivity index is 0.000000454. The largest absolute Gasteiger partial charge is 0.473 e. The Morgan fingerprint density at radius 1 is 0.636 bits per heavy atom. The third-order valence-electron chi connectivity index (χ3n) is 6.37. The van der Waals surface area contributed by atoms with Crippen LogP contribution in [0.25, 0.3) is 0 Å². The van der Waals surface area contributed by atoms with E-state index in [0.29, 0.717) is 6.04 Å². The maximum atomic E-state index is 9.10. The second-order valence-corrected chi connectivity index (χ2v) is 8.61. The maximum absolute atomic E-state index is 9.10. The van der Waals surface area contributed by atoms with Gasteiger partial charge in [-0.25, -0.2) is 9.59 Å². The van der Waals surface area contributed by atoms with Gasteiger partial charge in [-0.1, -0.05) is 67.1 Å². The topological polar surface area (TPSA) is 84.3 Å². The Morgan fingerprint density at radius 3 is 1.48 bits per heavy atom. The number of benzene rings is 2. The fourth-order valence-corrected chi connectivity index (χ4v) is 4.60. The predicted octanol–water partition coefficient (Wildman–Crippen LogP) is 3.04. The summed E-state index contributed by atoms with van der Waals surface area (Å²) in [6.07, 6.45) is 4.21. The first kappa shape index (κ1) is 24.9. The summed E-state index contributed by atoms with van der Waals surface area (Å²) in [5.74, 6) is -3.65. The van der Waals surface area contributed by atoms with Gasteiger partial charge in [0.2, 0.25) is 0 Å². The molecule has 0 atom stereocenters. The van der Waals surface area contributed by atoms with Crippen molar-refractivity contribution in [1.82, 2.24) is 14.7 Å². The number of carboxylic acids is 2. The van der Waals surface area contributed by atoms with Crippen LogP contribution in [0.5, 0.6) is 0 Å². The lowest BCUT2D eigenvalue weighted by molar-refractivity contribution is -0.159. The summed E-state index contributed by atoms with van der Waals surface area (Å²) in [5.41, 5.74) is 2.82. The van der Waals surface area contributed by atoms with Crippen molar-refractivity contribution < 1.29 is 19.8 Å². The second kappa shape index (κ2) is 13.1. The average molecular weight is 454 g/mol. The molecule has 2 saturated heterocycles. The summed E-state index contributed by atoms with van der Waals surface area (Å²) in [6, 6.07) is 22.4. The van der Waals surface area contributed by atoms with Gasteiger partial charge in [-0.3, -0.25) is 9.80 Å². The number of piperidine rings is 1. The molecule has 4 rings (SSSR count). The molecular formula is C26H35N3O4. The van der Waals surface area contributed by atoms with E-state index in [0.717, 1.165) is 13.1 Å². The SMILES string of the molecule is O=C(O)C(=O)O.c1ccc(C(c2ccccc2)N2CCN(CCN3CCCCC3)CC2)cc1. The van der Waals surface area contributed by atoms with Gasteiger partial charge in [-0.05, 0) is 37.1 Å². The molecular weight excluding hydrogens is 418 g/mol. The molecule has 2 aliphatic heterocycles. The first-order valence-corrected chi connectivity index (χ1v) is 11.8. The molecule has 0 amide bonds. The maximum Gasteiger partial charge on any atom is 0.414 e. The molecule has 178 valence electrons. The molecule has 0 unspecified atom stereocenters. The smallest absolute Gasteiger partial charge is 0.414 e. The second-order valence-electron chi connectivity index (χ2n) is 8.61. The van der Waals surface area contributed by atoms with E-state index in [1.165, 1.54) is 69.7 Å². The van der Waals surface area contributed by atoms with Gasteiger partial charge in [0, 0.05) is 39.3 Å². The molecule has 2 aromatic rings. The highest BCUT2D eigenvalue weighted by Gasteiger charge is 2.26. The van der Waals surface area contributed by atoms with Gasteiger partial charge in [0.05, 0.1) is 6.04 Å². The summed E-state index contributed by atoms with van der Waals surface area (Å²) in [6.45, 7) is 9.76. The fraction of sp³-hybridized carbons (Fsp3) is 0.462. The van der Waals surface area contributed by atoms with Crippen molar-refractivity contribution in [3.63, 3.8) is 0 Å². The quantitative estimate of drug-likeness (QED) is 0.651. The predicted molar refractivity (Wildman–Crippen MR) is 128 cm³/mol. The Bertz CT molecular complexity index is 797. The highest BCUT2D eigenvalue weighted by molar-refractivity contribution is 6.27. The van der Waals surface area contributed by atoms with Crippen molar-refractivity contribution in [2.75, 3.05) is 52.4 Å². The van der Waals surface area contributed by atoms with Crippen LogP contribution in [0.15, 0.2) is 60.7 Å². The molecule has 0 spiro atoms. The van der Waals surface area contributed by atoms with E-state index >= 15 is 0 Å². The van der Waals surface area contributed by atoms with Gasteiger partial charge in [-0.15, -0.1) is 0 Å². The standard InChI is InChI=1S/C24H33N3.C2H2O4/c1-4-10-22(11-5-1)24(23-12-6-2-7-13-23)27-20-18-26(19-21-27)17-16-25-14-8-3-9-15-25;3-1(4)2(5)6/h1-2,4-7,10-13,24H,3,8-9,14-21H2;(H,3,4)(H,5,6). The lowest BCUT2D eigenvalue weighted by Crippen LogP contribution is -2.49. The van der Waals surface area contributed by atoms with Crippen LogP contribution in [0, 0.1) is 0 Å². The highest BCUT2D eigenvalue weighted by atomic mass is 16.4. The van der Waals surface area contributed by atoms with Crippen molar-refractivity contribution in [2.24, 2.45) is 0 Å². The first-order chi connectivity index (χ1) is 16.0. The number of aliphatic carboxylic acids is 2. The summed E-state index contributed by atoms with van der Waals surface area (Å²) in [5, 5.41) is 14.8. The van der Waals surface area contributed by atoms with E-state index in [1.54, 1.807) is 0 Å². The zero-order chi connectivity index (χ0) is 23.5. The molecule has 2 aliphatic rings. The van der Waals surface area contributed by atoms with Gasteiger partial charge in [-0.2, -0.15) is 0 Å². The first-order valence-electron chi connectivity index (χ1n) is 11.8. The van der Waals surface area contributed by atoms with Crippen LogP contribution in [-0.2, 0) is 9.59 Å². The van der Waals surface area contributed by atoms with Gasteiger partial charge in [0.25, 0.3) is 0 Å². The van der Waals surface area contributed by atoms with E-state index in [-0.39, 0.29) is 0 Å². The number of carbonyl (C=O) groups is 2. The summed E-state index contributed by atoms with van der Waals surface area (Å²) in [4.78, 5) is 26.2. The minimum atomic E-state index is -1.82. The molecule has 7 heteroatoms. The molecule has 0 bridgehead atoms. The zero-order valence-electron chi connectivity index (χ0n) is 19.2. The lowest BCUT2D eigenvalue weighted by atomic mass is 9.96. The molecule has 0 aliphatic carbocycles. The van der Waals surface area contributed by atoms with Gasteiger partial charge in [0.15, 0.2) is 0 Å². The summed E-state index contributed by atoms with van der Waals surface area (Å²) < 4.78 is 0. The van der Waals surface area contributed by atoms with Crippen LogP contribution in [-0.4, -0.2) is 89.2 Å². The fourth-order valence-electron chi connectivity index (χ4n) is 4.60. The Hall–Kier alpha value is -2.74. The van der Waals surface area contributed by atoms with Crippen LogP contribution in [0.2, 0.25) is 0 Å². The van der Waals surface area contributed by atoms with E-state index in [4.69, 9.17) is 19.8 Å². The molecule has 2 aromatic carbocycles. The molecule has 0 radical (unpaired) electrons. The van der Waals surface area contributed by atoms with Crippen LogP contribution in [0.1, 0.15) is 36.4 Å². The third-order valence-corrected chi connectivity index (χ3v) is 6.37. The number of hydrogen-bond acceptors (Lipinski definition) is 5. The lowest BCUT2D eigenvalue weighted by Gasteiger charge is -2.40. The number of carboxylic acid groups (broad SMARTS) is 2.